The monoisotopic (exact) mass is 445 g/mol. The third kappa shape index (κ3) is 5.52. The van der Waals surface area contributed by atoms with E-state index in [1.54, 1.807) is 25.1 Å². The lowest BCUT2D eigenvalue weighted by molar-refractivity contribution is -0.150. The Morgan fingerprint density at radius 2 is 1.97 bits per heavy atom. The van der Waals surface area contributed by atoms with Crippen molar-refractivity contribution in [1.82, 2.24) is 9.71 Å². The molecule has 3 rings (SSSR count). The molecule has 2 aromatic carbocycles. The van der Waals surface area contributed by atoms with E-state index >= 15 is 0 Å². The number of anilines is 1. The largest absolute Gasteiger partial charge is 0.506 e. The minimum atomic E-state index is -4.47. The Labute approximate surface area is 176 Å². The standard InChI is InChI=1S/C18H17ClF3N3OS.C2H6/c1-9-5-11(19)7-13(23)17(9)27-25-15(18(20,21)22)6-10-8-24-16-12(10)3-2-4-14(16)26;1-2/h2-5,7-8,15,24-26H,6,23H2,1H3;1-2H3. The zero-order chi connectivity index (χ0) is 21.8. The van der Waals surface area contributed by atoms with Crippen LogP contribution < -0.4 is 10.5 Å². The lowest BCUT2D eigenvalue weighted by Crippen LogP contribution is -2.40. The number of alkyl halides is 3. The Morgan fingerprint density at radius 1 is 1.28 bits per heavy atom. The zero-order valence-corrected chi connectivity index (χ0v) is 17.8. The highest BCUT2D eigenvalue weighted by atomic mass is 35.5. The third-order valence-electron chi connectivity index (χ3n) is 4.17. The maximum Gasteiger partial charge on any atom is 0.405 e. The molecule has 0 spiro atoms. The van der Waals surface area contributed by atoms with E-state index in [1.807, 2.05) is 13.8 Å². The Kier molecular flexibility index (Phi) is 7.73. The summed E-state index contributed by atoms with van der Waals surface area (Å²) >= 11 is 6.74. The van der Waals surface area contributed by atoms with Gasteiger partial charge in [-0.2, -0.15) is 13.2 Å². The lowest BCUT2D eigenvalue weighted by atomic mass is 10.1. The van der Waals surface area contributed by atoms with Crippen LogP contribution in [0.25, 0.3) is 10.9 Å². The van der Waals surface area contributed by atoms with Gasteiger partial charge in [-0.3, -0.25) is 0 Å². The second-order valence-corrected chi connectivity index (χ2v) is 7.46. The molecule has 1 unspecified atom stereocenters. The van der Waals surface area contributed by atoms with Gasteiger partial charge in [-0.15, -0.1) is 0 Å². The van der Waals surface area contributed by atoms with Gasteiger partial charge >= 0.3 is 6.18 Å². The maximum atomic E-state index is 13.6. The fraction of sp³-hybridized carbons (Fsp3) is 0.300. The minimum absolute atomic E-state index is 0.00537. The number of H-pyrrole nitrogens is 1. The fourth-order valence-electron chi connectivity index (χ4n) is 2.83. The van der Waals surface area contributed by atoms with Crippen LogP contribution in [0, 0.1) is 6.92 Å². The van der Waals surface area contributed by atoms with E-state index in [9.17, 15) is 18.3 Å². The first-order chi connectivity index (χ1) is 13.7. The van der Waals surface area contributed by atoms with Gasteiger partial charge < -0.3 is 15.8 Å². The molecule has 0 fully saturated rings. The van der Waals surface area contributed by atoms with Crippen LogP contribution >= 0.6 is 23.5 Å². The molecule has 1 aromatic heterocycles. The van der Waals surface area contributed by atoms with Crippen LogP contribution in [-0.4, -0.2) is 22.3 Å². The van der Waals surface area contributed by atoms with Crippen molar-refractivity contribution in [3.05, 3.63) is 52.7 Å². The van der Waals surface area contributed by atoms with Crippen molar-refractivity contribution < 1.29 is 18.3 Å². The van der Waals surface area contributed by atoms with Crippen molar-refractivity contribution in [3.8, 4) is 5.75 Å². The Bertz CT molecular complexity index is 952. The molecule has 1 atom stereocenters. The summed E-state index contributed by atoms with van der Waals surface area (Å²) in [5.74, 6) is -0.00537. The molecule has 0 radical (unpaired) electrons. The van der Waals surface area contributed by atoms with Gasteiger partial charge in [0.15, 0.2) is 0 Å². The van der Waals surface area contributed by atoms with E-state index in [2.05, 4.69) is 9.71 Å². The number of nitrogens with two attached hydrogens (primary N) is 1. The molecule has 0 saturated carbocycles. The number of nitrogen functional groups attached to an aromatic ring is 1. The lowest BCUT2D eigenvalue weighted by Gasteiger charge is -2.22. The first-order valence-corrected chi connectivity index (χ1v) is 10.2. The van der Waals surface area contributed by atoms with Gasteiger partial charge in [-0.1, -0.05) is 37.6 Å². The quantitative estimate of drug-likeness (QED) is 0.278. The molecule has 0 bridgehead atoms. The minimum Gasteiger partial charge on any atom is -0.506 e. The molecule has 4 nitrogen and oxygen atoms in total. The van der Waals surface area contributed by atoms with Crippen LogP contribution in [0.4, 0.5) is 18.9 Å². The molecular formula is C20H23ClF3N3OS. The van der Waals surface area contributed by atoms with Gasteiger partial charge in [0.2, 0.25) is 0 Å². The summed E-state index contributed by atoms with van der Waals surface area (Å²) in [7, 11) is 0. The van der Waals surface area contributed by atoms with Gasteiger partial charge in [-0.05, 0) is 54.6 Å². The number of benzene rings is 2. The number of aryl methyl sites for hydroxylation is 1. The summed E-state index contributed by atoms with van der Waals surface area (Å²) in [6, 6.07) is 6.08. The van der Waals surface area contributed by atoms with Crippen molar-refractivity contribution in [3.63, 3.8) is 0 Å². The topological polar surface area (TPSA) is 74.1 Å². The number of rotatable bonds is 5. The molecular weight excluding hydrogens is 423 g/mol. The van der Waals surface area contributed by atoms with Crippen molar-refractivity contribution in [2.24, 2.45) is 0 Å². The van der Waals surface area contributed by atoms with E-state index in [-0.39, 0.29) is 12.2 Å². The summed E-state index contributed by atoms with van der Waals surface area (Å²) in [4.78, 5) is 3.33. The number of phenolic OH excluding ortho intramolecular Hbond substituents is 1. The molecule has 158 valence electrons. The normalized spacial score (nSPS) is 12.5. The number of nitrogens with one attached hydrogen (secondary N) is 2. The molecule has 3 aromatic rings. The van der Waals surface area contributed by atoms with Gasteiger partial charge in [0.25, 0.3) is 0 Å². The molecule has 1 heterocycles. The second-order valence-electron chi connectivity index (χ2n) is 6.17. The van der Waals surface area contributed by atoms with Gasteiger partial charge in [0.05, 0.1) is 5.52 Å². The van der Waals surface area contributed by atoms with Crippen LogP contribution in [0.15, 0.2) is 41.4 Å². The molecule has 5 N–H and O–H groups in total. The van der Waals surface area contributed by atoms with Crippen molar-refractivity contribution in [2.45, 2.75) is 44.3 Å². The van der Waals surface area contributed by atoms with E-state index in [0.29, 0.717) is 37.6 Å². The molecule has 0 aliphatic heterocycles. The summed E-state index contributed by atoms with van der Waals surface area (Å²) < 4.78 is 43.2. The highest BCUT2D eigenvalue weighted by Crippen LogP contribution is 2.34. The molecule has 29 heavy (non-hydrogen) atoms. The van der Waals surface area contributed by atoms with E-state index in [1.165, 1.54) is 18.3 Å². The predicted molar refractivity (Wildman–Crippen MR) is 114 cm³/mol. The van der Waals surface area contributed by atoms with Crippen LogP contribution in [0.2, 0.25) is 5.02 Å². The summed E-state index contributed by atoms with van der Waals surface area (Å²) in [5, 5.41) is 10.8. The molecule has 0 aliphatic rings. The number of halogens is 4. The van der Waals surface area contributed by atoms with Crippen LogP contribution in [0.3, 0.4) is 0 Å². The maximum absolute atomic E-state index is 13.6. The van der Waals surface area contributed by atoms with Gasteiger partial charge in [0.1, 0.15) is 11.8 Å². The summed E-state index contributed by atoms with van der Waals surface area (Å²) in [5.41, 5.74) is 7.76. The second kappa shape index (κ2) is 9.65. The summed E-state index contributed by atoms with van der Waals surface area (Å²) in [6.45, 7) is 5.73. The number of phenols is 1. The number of fused-ring (bicyclic) bond motifs is 1. The number of aromatic amines is 1. The molecule has 0 amide bonds. The number of hydrogen-bond donors (Lipinski definition) is 4. The zero-order valence-electron chi connectivity index (χ0n) is 16.2. The first-order valence-electron chi connectivity index (χ1n) is 8.99. The number of hydrogen-bond acceptors (Lipinski definition) is 4. The van der Waals surface area contributed by atoms with Crippen LogP contribution in [-0.2, 0) is 6.42 Å². The summed E-state index contributed by atoms with van der Waals surface area (Å²) in [6.07, 6.45) is -3.29. The molecule has 0 aliphatic carbocycles. The molecule has 0 saturated heterocycles. The van der Waals surface area contributed by atoms with Crippen molar-refractivity contribution >= 4 is 40.1 Å². The number of aromatic nitrogens is 1. The average Bonchev–Trinajstić information content (AvgIpc) is 3.05. The van der Waals surface area contributed by atoms with Crippen molar-refractivity contribution in [1.29, 1.82) is 0 Å². The number of aromatic hydroxyl groups is 1. The average molecular weight is 446 g/mol. The molecule has 9 heteroatoms. The SMILES string of the molecule is CC.Cc1cc(Cl)cc(N)c1SNC(Cc1c[nH]c2c(O)cccc12)C(F)(F)F. The van der Waals surface area contributed by atoms with Crippen LogP contribution in [0.1, 0.15) is 25.0 Å². The van der Waals surface area contributed by atoms with E-state index in [4.69, 9.17) is 17.3 Å². The van der Waals surface area contributed by atoms with Crippen molar-refractivity contribution in [2.75, 3.05) is 5.73 Å². The Morgan fingerprint density at radius 3 is 2.59 bits per heavy atom. The Hall–Kier alpha value is -2.03. The van der Waals surface area contributed by atoms with Crippen LogP contribution in [0.5, 0.6) is 5.75 Å². The first kappa shape index (κ1) is 23.3. The highest BCUT2D eigenvalue weighted by Gasteiger charge is 2.40. The number of para-hydroxylation sites is 1. The van der Waals surface area contributed by atoms with E-state index in [0.717, 1.165) is 11.9 Å². The Balaban J connectivity index is 0.00000145. The third-order valence-corrected chi connectivity index (χ3v) is 5.55. The predicted octanol–water partition coefficient (Wildman–Crippen LogP) is 6.21. The van der Waals surface area contributed by atoms with Gasteiger partial charge in [0, 0.05) is 27.2 Å². The smallest absolute Gasteiger partial charge is 0.405 e. The highest BCUT2D eigenvalue weighted by molar-refractivity contribution is 7.97. The van der Waals surface area contributed by atoms with Gasteiger partial charge in [-0.25, -0.2) is 4.72 Å². The van der Waals surface area contributed by atoms with E-state index < -0.39 is 12.2 Å². The fourth-order valence-corrected chi connectivity index (χ4v) is 3.99.